The molecule has 14 heavy (non-hydrogen) atoms. The van der Waals surface area contributed by atoms with Gasteiger partial charge in [-0.2, -0.15) is 0 Å². The quantitative estimate of drug-likeness (QED) is 0.620. The van der Waals surface area contributed by atoms with Crippen molar-refractivity contribution in [3.05, 3.63) is 32.3 Å². The van der Waals surface area contributed by atoms with E-state index in [1.165, 1.54) is 7.11 Å². The Morgan fingerprint density at radius 3 is 2.64 bits per heavy atom. The molecule has 1 rings (SSSR count). The van der Waals surface area contributed by atoms with Crippen LogP contribution in [0.15, 0.2) is 16.6 Å². The molecule has 5 heteroatoms. The van der Waals surface area contributed by atoms with Crippen molar-refractivity contribution in [1.29, 1.82) is 0 Å². The largest absolute Gasteiger partial charge is 0.490 e. The van der Waals surface area contributed by atoms with Crippen LogP contribution in [0.4, 0.5) is 5.69 Å². The summed E-state index contributed by atoms with van der Waals surface area (Å²) in [7, 11) is 1.43. The minimum atomic E-state index is -0.414. The van der Waals surface area contributed by atoms with Gasteiger partial charge in [0.05, 0.1) is 12.0 Å². The Balaban J connectivity index is 3.43. The lowest BCUT2D eigenvalue weighted by Gasteiger charge is -2.06. The fourth-order valence-electron chi connectivity index (χ4n) is 1.29. The Labute approximate surface area is 90.2 Å². The van der Waals surface area contributed by atoms with Crippen molar-refractivity contribution in [2.75, 3.05) is 7.11 Å². The van der Waals surface area contributed by atoms with Gasteiger partial charge in [0.1, 0.15) is 0 Å². The minimum Gasteiger partial charge on any atom is -0.490 e. The van der Waals surface area contributed by atoms with E-state index in [-0.39, 0.29) is 5.69 Å². The summed E-state index contributed by atoms with van der Waals surface area (Å²) in [5, 5.41) is 10.8. The first-order valence-electron chi connectivity index (χ1n) is 4.11. The van der Waals surface area contributed by atoms with Crippen LogP contribution in [0, 0.1) is 10.1 Å². The molecule has 0 radical (unpaired) electrons. The normalized spacial score (nSPS) is 9.93. The summed E-state index contributed by atoms with van der Waals surface area (Å²) in [6.45, 7) is 1.87. The molecular weight excluding hydrogens is 250 g/mol. The number of benzene rings is 1. The van der Waals surface area contributed by atoms with E-state index in [0.717, 1.165) is 4.47 Å². The number of nitro benzene ring substituents is 1. The second-order valence-electron chi connectivity index (χ2n) is 2.69. The van der Waals surface area contributed by atoms with E-state index in [9.17, 15) is 10.1 Å². The first-order valence-corrected chi connectivity index (χ1v) is 4.90. The Bertz CT molecular complexity index is 365. The number of halogens is 1. The van der Waals surface area contributed by atoms with Crippen LogP contribution in [-0.4, -0.2) is 12.0 Å². The number of hydrogen-bond acceptors (Lipinski definition) is 3. The fraction of sp³-hybridized carbons (Fsp3) is 0.333. The molecule has 0 amide bonds. The molecule has 0 aliphatic rings. The number of nitro groups is 1. The van der Waals surface area contributed by atoms with Crippen LogP contribution in [0.1, 0.15) is 12.5 Å². The first-order chi connectivity index (χ1) is 6.61. The van der Waals surface area contributed by atoms with Crippen LogP contribution < -0.4 is 4.74 Å². The summed E-state index contributed by atoms with van der Waals surface area (Å²) in [5.74, 6) is 0.301. The standard InChI is InChI=1S/C9H10BrNO3/c1-3-6-7(10)4-5-8(14-2)9(6)11(12)13/h4-5H,3H2,1-2H3. The van der Waals surface area contributed by atoms with Crippen LogP contribution in [0.5, 0.6) is 5.75 Å². The van der Waals surface area contributed by atoms with Gasteiger partial charge in [-0.05, 0) is 18.6 Å². The number of nitrogens with zero attached hydrogens (tertiary/aromatic N) is 1. The van der Waals surface area contributed by atoms with Crippen molar-refractivity contribution in [3.8, 4) is 5.75 Å². The molecule has 0 aliphatic carbocycles. The van der Waals surface area contributed by atoms with Crippen molar-refractivity contribution in [2.24, 2.45) is 0 Å². The lowest BCUT2D eigenvalue weighted by Crippen LogP contribution is -1.99. The van der Waals surface area contributed by atoms with Crippen LogP contribution in [0.2, 0.25) is 0 Å². The van der Waals surface area contributed by atoms with Crippen LogP contribution in [-0.2, 0) is 6.42 Å². The van der Waals surface area contributed by atoms with Crippen molar-refractivity contribution in [2.45, 2.75) is 13.3 Å². The third kappa shape index (κ3) is 1.87. The van der Waals surface area contributed by atoms with E-state index < -0.39 is 4.92 Å². The van der Waals surface area contributed by atoms with Gasteiger partial charge in [0, 0.05) is 10.0 Å². The molecule has 1 aromatic carbocycles. The zero-order chi connectivity index (χ0) is 10.7. The van der Waals surface area contributed by atoms with Gasteiger partial charge >= 0.3 is 5.69 Å². The zero-order valence-corrected chi connectivity index (χ0v) is 9.50. The van der Waals surface area contributed by atoms with Gasteiger partial charge in [-0.1, -0.05) is 22.9 Å². The van der Waals surface area contributed by atoms with Gasteiger partial charge in [-0.3, -0.25) is 10.1 Å². The maximum Gasteiger partial charge on any atom is 0.315 e. The maximum atomic E-state index is 10.8. The van der Waals surface area contributed by atoms with Gasteiger partial charge in [-0.25, -0.2) is 0 Å². The molecule has 0 saturated carbocycles. The van der Waals surface area contributed by atoms with Crippen LogP contribution in [0.3, 0.4) is 0 Å². The predicted octanol–water partition coefficient (Wildman–Crippen LogP) is 2.93. The molecule has 4 nitrogen and oxygen atoms in total. The summed E-state index contributed by atoms with van der Waals surface area (Å²) in [6, 6.07) is 3.34. The molecule has 0 heterocycles. The van der Waals surface area contributed by atoms with E-state index in [2.05, 4.69) is 15.9 Å². The highest BCUT2D eigenvalue weighted by Gasteiger charge is 2.21. The maximum absolute atomic E-state index is 10.8. The lowest BCUT2D eigenvalue weighted by atomic mass is 10.1. The van der Waals surface area contributed by atoms with E-state index in [0.29, 0.717) is 17.7 Å². The van der Waals surface area contributed by atoms with Crippen molar-refractivity contribution < 1.29 is 9.66 Å². The van der Waals surface area contributed by atoms with Gasteiger partial charge in [0.15, 0.2) is 5.75 Å². The summed E-state index contributed by atoms with van der Waals surface area (Å²) in [6.07, 6.45) is 0.591. The van der Waals surface area contributed by atoms with E-state index in [1.807, 2.05) is 6.92 Å². The smallest absolute Gasteiger partial charge is 0.315 e. The average Bonchev–Trinajstić information content (AvgIpc) is 2.17. The van der Waals surface area contributed by atoms with Crippen molar-refractivity contribution in [1.82, 2.24) is 0 Å². The van der Waals surface area contributed by atoms with Crippen molar-refractivity contribution >= 4 is 21.6 Å². The molecule has 0 bridgehead atoms. The average molecular weight is 260 g/mol. The highest BCUT2D eigenvalue weighted by Crippen LogP contribution is 2.35. The minimum absolute atomic E-state index is 0.0457. The molecule has 0 atom stereocenters. The van der Waals surface area contributed by atoms with E-state index in [1.54, 1.807) is 12.1 Å². The van der Waals surface area contributed by atoms with Gasteiger partial charge < -0.3 is 4.74 Å². The molecule has 76 valence electrons. The third-order valence-electron chi connectivity index (χ3n) is 1.94. The Morgan fingerprint density at radius 2 is 2.21 bits per heavy atom. The summed E-state index contributed by atoms with van der Waals surface area (Å²) >= 11 is 3.28. The second kappa shape index (κ2) is 4.41. The SMILES string of the molecule is CCc1c(Br)ccc(OC)c1[N+](=O)[O-]. The third-order valence-corrected chi connectivity index (χ3v) is 2.69. The number of rotatable bonds is 3. The molecule has 0 fully saturated rings. The van der Waals surface area contributed by atoms with Crippen LogP contribution >= 0.6 is 15.9 Å². The van der Waals surface area contributed by atoms with E-state index >= 15 is 0 Å². The molecule has 0 spiro atoms. The first kappa shape index (κ1) is 11.0. The summed E-state index contributed by atoms with van der Waals surface area (Å²) < 4.78 is 5.68. The Hall–Kier alpha value is -1.10. The fourth-order valence-corrected chi connectivity index (χ4v) is 1.89. The molecule has 0 saturated heterocycles. The molecule has 0 aromatic heterocycles. The predicted molar refractivity (Wildman–Crippen MR) is 56.7 cm³/mol. The molecule has 0 N–H and O–H groups in total. The Kier molecular flexibility index (Phi) is 3.46. The Morgan fingerprint density at radius 1 is 1.57 bits per heavy atom. The highest BCUT2D eigenvalue weighted by molar-refractivity contribution is 9.10. The highest BCUT2D eigenvalue weighted by atomic mass is 79.9. The molecular formula is C9H10BrNO3. The monoisotopic (exact) mass is 259 g/mol. The zero-order valence-electron chi connectivity index (χ0n) is 7.91. The van der Waals surface area contributed by atoms with Crippen molar-refractivity contribution in [3.63, 3.8) is 0 Å². The van der Waals surface area contributed by atoms with Gasteiger partial charge in [0.25, 0.3) is 0 Å². The topological polar surface area (TPSA) is 52.4 Å². The van der Waals surface area contributed by atoms with Gasteiger partial charge in [0.2, 0.25) is 0 Å². The lowest BCUT2D eigenvalue weighted by molar-refractivity contribution is -0.386. The summed E-state index contributed by atoms with van der Waals surface area (Å²) in [4.78, 5) is 10.4. The number of methoxy groups -OCH3 is 1. The van der Waals surface area contributed by atoms with Gasteiger partial charge in [-0.15, -0.1) is 0 Å². The number of hydrogen-bond donors (Lipinski definition) is 0. The molecule has 0 aliphatic heterocycles. The van der Waals surface area contributed by atoms with Crippen LogP contribution in [0.25, 0.3) is 0 Å². The molecule has 1 aromatic rings. The van der Waals surface area contributed by atoms with E-state index in [4.69, 9.17) is 4.74 Å². The number of ether oxygens (including phenoxy) is 1. The molecule has 0 unspecified atom stereocenters. The second-order valence-corrected chi connectivity index (χ2v) is 3.54. The summed E-state index contributed by atoms with van der Waals surface area (Å²) in [5.41, 5.74) is 0.707.